The quantitative estimate of drug-likeness (QED) is 0.849. The van der Waals surface area contributed by atoms with Crippen LogP contribution in [0, 0.1) is 13.8 Å². The minimum Gasteiger partial charge on any atom is -0.494 e. The van der Waals surface area contributed by atoms with Crippen LogP contribution in [0.1, 0.15) is 24.5 Å². The molecule has 0 aromatic heterocycles. The number of nitrogens with one attached hydrogen (secondary N) is 1. The van der Waals surface area contributed by atoms with E-state index in [9.17, 15) is 9.59 Å². The Morgan fingerprint density at radius 1 is 1.12 bits per heavy atom. The van der Waals surface area contributed by atoms with Crippen molar-refractivity contribution in [3.8, 4) is 5.75 Å². The molecular weight excluding hydrogens is 316 g/mol. The molecule has 1 saturated heterocycles. The van der Waals surface area contributed by atoms with Gasteiger partial charge in [0.25, 0.3) is 5.91 Å². The van der Waals surface area contributed by atoms with Gasteiger partial charge in [-0.2, -0.15) is 0 Å². The lowest BCUT2D eigenvalue weighted by molar-refractivity contribution is -0.121. The van der Waals surface area contributed by atoms with Crippen molar-refractivity contribution >= 4 is 23.2 Å². The Hall–Kier alpha value is -2.82. The molecule has 1 aliphatic rings. The van der Waals surface area contributed by atoms with Crippen molar-refractivity contribution in [3.63, 3.8) is 0 Å². The van der Waals surface area contributed by atoms with Crippen LogP contribution in [0.4, 0.5) is 11.4 Å². The van der Waals surface area contributed by atoms with E-state index in [1.165, 1.54) is 4.90 Å². The molecule has 3 rings (SSSR count). The zero-order valence-corrected chi connectivity index (χ0v) is 14.7. The number of hydrogen-bond acceptors (Lipinski definition) is 4. The molecular formula is C20H22N2O3. The van der Waals surface area contributed by atoms with Gasteiger partial charge in [-0.3, -0.25) is 9.59 Å². The van der Waals surface area contributed by atoms with Crippen molar-refractivity contribution in [1.82, 2.24) is 0 Å². The first-order valence-corrected chi connectivity index (χ1v) is 8.43. The van der Waals surface area contributed by atoms with E-state index in [1.807, 2.05) is 63.2 Å². The number of anilines is 2. The molecule has 1 atom stereocenters. The Kier molecular flexibility index (Phi) is 4.74. The summed E-state index contributed by atoms with van der Waals surface area (Å²) >= 11 is 0. The second kappa shape index (κ2) is 6.97. The predicted octanol–water partition coefficient (Wildman–Crippen LogP) is 3.45. The molecule has 2 aromatic carbocycles. The summed E-state index contributed by atoms with van der Waals surface area (Å²) in [6.45, 7) is 6.43. The molecule has 1 aliphatic heterocycles. The number of aryl methyl sites for hydroxylation is 1. The SMILES string of the molecule is CCOc1ccc(NC2CC(=O)N(c3cccc(C)c3C)C2=O)cc1. The molecule has 2 amide bonds. The summed E-state index contributed by atoms with van der Waals surface area (Å²) in [6, 6.07) is 12.5. The lowest BCUT2D eigenvalue weighted by Gasteiger charge is -2.19. The van der Waals surface area contributed by atoms with Crippen LogP contribution in [0.3, 0.4) is 0 Å². The fraction of sp³-hybridized carbons (Fsp3) is 0.300. The zero-order valence-electron chi connectivity index (χ0n) is 14.7. The van der Waals surface area contributed by atoms with Gasteiger partial charge in [0.05, 0.1) is 18.7 Å². The summed E-state index contributed by atoms with van der Waals surface area (Å²) in [5.74, 6) is 0.383. The van der Waals surface area contributed by atoms with E-state index < -0.39 is 6.04 Å². The molecule has 25 heavy (non-hydrogen) atoms. The first-order chi connectivity index (χ1) is 12.0. The number of nitrogens with zero attached hydrogens (tertiary/aromatic N) is 1. The summed E-state index contributed by atoms with van der Waals surface area (Å²) in [5.41, 5.74) is 3.47. The van der Waals surface area contributed by atoms with Crippen LogP contribution >= 0.6 is 0 Å². The Labute approximate surface area is 147 Å². The summed E-state index contributed by atoms with van der Waals surface area (Å²) in [4.78, 5) is 26.5. The monoisotopic (exact) mass is 338 g/mol. The highest BCUT2D eigenvalue weighted by molar-refractivity contribution is 6.23. The molecule has 0 saturated carbocycles. The number of imide groups is 1. The molecule has 5 heteroatoms. The highest BCUT2D eigenvalue weighted by Gasteiger charge is 2.40. The molecule has 130 valence electrons. The van der Waals surface area contributed by atoms with Crippen LogP contribution < -0.4 is 15.0 Å². The van der Waals surface area contributed by atoms with Gasteiger partial charge in [0.1, 0.15) is 11.8 Å². The van der Waals surface area contributed by atoms with Gasteiger partial charge < -0.3 is 10.1 Å². The van der Waals surface area contributed by atoms with Crippen molar-refractivity contribution in [2.24, 2.45) is 0 Å². The van der Waals surface area contributed by atoms with Crippen molar-refractivity contribution in [1.29, 1.82) is 0 Å². The lowest BCUT2D eigenvalue weighted by atomic mass is 10.1. The van der Waals surface area contributed by atoms with E-state index in [4.69, 9.17) is 4.74 Å². The van der Waals surface area contributed by atoms with Crippen LogP contribution in [0.2, 0.25) is 0 Å². The predicted molar refractivity (Wildman–Crippen MR) is 98.0 cm³/mol. The molecule has 1 heterocycles. The number of amides is 2. The van der Waals surface area contributed by atoms with E-state index in [0.29, 0.717) is 12.3 Å². The average Bonchev–Trinajstić information content (AvgIpc) is 2.86. The average molecular weight is 338 g/mol. The van der Waals surface area contributed by atoms with Crippen LogP contribution in [0.15, 0.2) is 42.5 Å². The minimum atomic E-state index is -0.551. The van der Waals surface area contributed by atoms with Gasteiger partial charge in [-0.05, 0) is 62.2 Å². The standard InChI is InChI=1S/C20H22N2O3/c1-4-25-16-10-8-15(9-11-16)21-17-12-19(23)22(20(17)24)18-7-5-6-13(2)14(18)3/h5-11,17,21H,4,12H2,1-3H3. The second-order valence-electron chi connectivity index (χ2n) is 6.14. The smallest absolute Gasteiger partial charge is 0.256 e. The third kappa shape index (κ3) is 3.36. The fourth-order valence-electron chi connectivity index (χ4n) is 2.99. The summed E-state index contributed by atoms with van der Waals surface area (Å²) in [6.07, 6.45) is 0.152. The second-order valence-corrected chi connectivity index (χ2v) is 6.14. The first-order valence-electron chi connectivity index (χ1n) is 8.43. The summed E-state index contributed by atoms with van der Waals surface area (Å²) in [5, 5.41) is 3.16. The third-order valence-corrected chi connectivity index (χ3v) is 4.47. The van der Waals surface area contributed by atoms with Crippen LogP contribution in [0.5, 0.6) is 5.75 Å². The van der Waals surface area contributed by atoms with Crippen LogP contribution in [0.25, 0.3) is 0 Å². The topological polar surface area (TPSA) is 58.6 Å². The Bertz CT molecular complexity index is 799. The molecule has 1 N–H and O–H groups in total. The normalized spacial score (nSPS) is 17.1. The van der Waals surface area contributed by atoms with Crippen molar-refractivity contribution in [3.05, 3.63) is 53.6 Å². The van der Waals surface area contributed by atoms with Crippen molar-refractivity contribution in [2.45, 2.75) is 33.2 Å². The van der Waals surface area contributed by atoms with Gasteiger partial charge in [0.15, 0.2) is 0 Å². The van der Waals surface area contributed by atoms with E-state index in [0.717, 1.165) is 22.6 Å². The molecule has 0 aliphatic carbocycles. The largest absolute Gasteiger partial charge is 0.494 e. The van der Waals surface area contributed by atoms with E-state index >= 15 is 0 Å². The Balaban J connectivity index is 1.78. The fourth-order valence-corrected chi connectivity index (χ4v) is 2.99. The Morgan fingerprint density at radius 3 is 2.52 bits per heavy atom. The van der Waals surface area contributed by atoms with Gasteiger partial charge in [-0.15, -0.1) is 0 Å². The molecule has 1 unspecified atom stereocenters. The number of hydrogen-bond donors (Lipinski definition) is 1. The molecule has 0 radical (unpaired) electrons. The Morgan fingerprint density at radius 2 is 1.84 bits per heavy atom. The number of carbonyl (C=O) groups is 2. The van der Waals surface area contributed by atoms with E-state index in [1.54, 1.807) is 0 Å². The maximum atomic E-state index is 12.8. The van der Waals surface area contributed by atoms with Crippen LogP contribution in [-0.2, 0) is 9.59 Å². The number of ether oxygens (including phenoxy) is 1. The molecule has 2 aromatic rings. The zero-order chi connectivity index (χ0) is 18.0. The van der Waals surface area contributed by atoms with Gasteiger partial charge in [0, 0.05) is 5.69 Å². The van der Waals surface area contributed by atoms with Gasteiger partial charge >= 0.3 is 0 Å². The summed E-state index contributed by atoms with van der Waals surface area (Å²) < 4.78 is 5.41. The first kappa shape index (κ1) is 17.0. The van der Waals surface area contributed by atoms with Gasteiger partial charge in [-0.1, -0.05) is 12.1 Å². The van der Waals surface area contributed by atoms with Crippen LogP contribution in [-0.4, -0.2) is 24.5 Å². The third-order valence-electron chi connectivity index (χ3n) is 4.47. The highest BCUT2D eigenvalue weighted by atomic mass is 16.5. The minimum absolute atomic E-state index is 0.152. The maximum absolute atomic E-state index is 12.8. The highest BCUT2D eigenvalue weighted by Crippen LogP contribution is 2.29. The van der Waals surface area contributed by atoms with E-state index in [2.05, 4.69) is 5.32 Å². The van der Waals surface area contributed by atoms with E-state index in [-0.39, 0.29) is 18.2 Å². The number of rotatable bonds is 5. The molecule has 1 fully saturated rings. The van der Waals surface area contributed by atoms with Crippen molar-refractivity contribution in [2.75, 3.05) is 16.8 Å². The molecule has 0 spiro atoms. The molecule has 5 nitrogen and oxygen atoms in total. The number of benzene rings is 2. The van der Waals surface area contributed by atoms with Gasteiger partial charge in [0.2, 0.25) is 5.91 Å². The number of carbonyl (C=O) groups excluding carboxylic acids is 2. The maximum Gasteiger partial charge on any atom is 0.256 e. The molecule has 0 bridgehead atoms. The van der Waals surface area contributed by atoms with Gasteiger partial charge in [-0.25, -0.2) is 4.90 Å². The lowest BCUT2D eigenvalue weighted by Crippen LogP contribution is -2.35. The summed E-state index contributed by atoms with van der Waals surface area (Å²) in [7, 11) is 0. The van der Waals surface area contributed by atoms with Crippen molar-refractivity contribution < 1.29 is 14.3 Å².